The molecule has 0 aromatic rings. The van der Waals surface area contributed by atoms with Gasteiger partial charge in [-0.25, -0.2) is 0 Å². The minimum absolute atomic E-state index is 0.500. The second-order valence-corrected chi connectivity index (χ2v) is 2.46. The monoisotopic (exact) mass is 106 g/mol. The largest absolute Gasteiger partial charge is 0.617 e. The minimum Gasteiger partial charge on any atom is -0.617 e. The first-order valence-electron chi connectivity index (χ1n) is 1.61. The molecule has 6 heavy (non-hydrogen) atoms. The quantitative estimate of drug-likeness (QED) is 0.482. The Morgan fingerprint density at radius 3 is 2.50 bits per heavy atom. The van der Waals surface area contributed by atoms with Crippen molar-refractivity contribution in [2.24, 2.45) is 5.73 Å². The molecule has 0 aliphatic rings. The lowest BCUT2D eigenvalue weighted by Crippen LogP contribution is -2.07. The molecule has 37 valence electrons. The summed E-state index contributed by atoms with van der Waals surface area (Å²) in [5, 5.41) is 0. The number of hydrogen-bond donors (Lipinski definition) is 1. The van der Waals surface area contributed by atoms with Crippen molar-refractivity contribution in [3.8, 4) is 0 Å². The van der Waals surface area contributed by atoms with E-state index in [9.17, 15) is 4.55 Å². The molecule has 3 heteroatoms. The average molecular weight is 106 g/mol. The van der Waals surface area contributed by atoms with Crippen LogP contribution >= 0.6 is 0 Å². The van der Waals surface area contributed by atoms with Gasteiger partial charge in [-0.1, -0.05) is 11.2 Å². The molecule has 1 radical (unpaired) electrons. The van der Waals surface area contributed by atoms with Gasteiger partial charge in [-0.2, -0.15) is 0 Å². The Labute approximate surface area is 40.9 Å². The van der Waals surface area contributed by atoms with Gasteiger partial charge >= 0.3 is 0 Å². The highest BCUT2D eigenvalue weighted by molar-refractivity contribution is 7.90. The molecular weight excluding hydrogens is 98.1 g/mol. The summed E-state index contributed by atoms with van der Waals surface area (Å²) in [5.41, 5.74) is 4.91. The summed E-state index contributed by atoms with van der Waals surface area (Å²) in [4.78, 5) is 0. The van der Waals surface area contributed by atoms with Gasteiger partial charge in [0.05, 0.1) is 12.8 Å². The Bertz CT molecular complexity index is 32.0. The van der Waals surface area contributed by atoms with Crippen LogP contribution in [0.25, 0.3) is 0 Å². The molecule has 2 N–H and O–H groups in total. The van der Waals surface area contributed by atoms with E-state index in [-0.39, 0.29) is 0 Å². The molecule has 0 aliphatic heterocycles. The SMILES string of the molecule is C[S+]([O-])C[CH]N. The maximum absolute atomic E-state index is 10.0. The molecule has 0 amide bonds. The lowest BCUT2D eigenvalue weighted by Gasteiger charge is -1.98. The van der Waals surface area contributed by atoms with Gasteiger partial charge in [0.2, 0.25) is 0 Å². The number of hydrogen-bond acceptors (Lipinski definition) is 2. The van der Waals surface area contributed by atoms with Crippen molar-refractivity contribution >= 4 is 11.2 Å². The number of nitrogens with two attached hydrogens (primary N) is 1. The lowest BCUT2D eigenvalue weighted by atomic mass is 10.8. The Hall–Kier alpha value is 0.270. The highest BCUT2D eigenvalue weighted by Gasteiger charge is 1.88. The minimum atomic E-state index is -0.746. The van der Waals surface area contributed by atoms with E-state index in [1.807, 2.05) is 0 Å². The summed E-state index contributed by atoms with van der Waals surface area (Å²) < 4.78 is 10.0. The first-order valence-corrected chi connectivity index (χ1v) is 3.33. The van der Waals surface area contributed by atoms with Crippen molar-refractivity contribution in [2.75, 3.05) is 12.0 Å². The standard InChI is InChI=1S/C3H8NOS/c1-6(5)3-2-4/h2H,3-4H2,1H3. The fourth-order valence-corrected chi connectivity index (χ4v) is 0.407. The second-order valence-electron chi connectivity index (χ2n) is 0.976. The average Bonchev–Trinajstić information content (AvgIpc) is 1.35. The zero-order valence-electron chi connectivity index (χ0n) is 3.68. The Balaban J connectivity index is 2.63. The van der Waals surface area contributed by atoms with Gasteiger partial charge in [0.1, 0.15) is 5.75 Å². The Morgan fingerprint density at radius 2 is 2.50 bits per heavy atom. The van der Waals surface area contributed by atoms with E-state index in [0.717, 1.165) is 0 Å². The van der Waals surface area contributed by atoms with Crippen LogP contribution in [0, 0.1) is 6.54 Å². The van der Waals surface area contributed by atoms with Gasteiger partial charge in [-0.05, 0) is 0 Å². The molecular formula is C3H8NOS. The molecule has 1 atom stereocenters. The van der Waals surface area contributed by atoms with E-state index >= 15 is 0 Å². The molecule has 0 aromatic heterocycles. The van der Waals surface area contributed by atoms with Crippen LogP contribution in [0.5, 0.6) is 0 Å². The van der Waals surface area contributed by atoms with E-state index in [1.54, 1.807) is 6.26 Å². The summed E-state index contributed by atoms with van der Waals surface area (Å²) in [6.45, 7) is 1.40. The third-order valence-electron chi connectivity index (χ3n) is 0.331. The van der Waals surface area contributed by atoms with Gasteiger partial charge < -0.3 is 10.3 Å². The van der Waals surface area contributed by atoms with Crippen LogP contribution in [0.3, 0.4) is 0 Å². The van der Waals surface area contributed by atoms with Gasteiger partial charge in [-0.3, -0.25) is 0 Å². The van der Waals surface area contributed by atoms with Gasteiger partial charge in [0.15, 0.2) is 0 Å². The molecule has 0 spiro atoms. The van der Waals surface area contributed by atoms with Gasteiger partial charge in [0, 0.05) is 0 Å². The van der Waals surface area contributed by atoms with Crippen LogP contribution in [-0.2, 0) is 11.2 Å². The summed E-state index contributed by atoms with van der Waals surface area (Å²) >= 11 is -0.746. The lowest BCUT2D eigenvalue weighted by molar-refractivity contribution is 0.602. The fraction of sp³-hybridized carbons (Fsp3) is 0.667. The first kappa shape index (κ1) is 6.27. The smallest absolute Gasteiger partial charge is 0.122 e. The van der Waals surface area contributed by atoms with Crippen LogP contribution in [-0.4, -0.2) is 16.6 Å². The Kier molecular flexibility index (Phi) is 3.62. The highest BCUT2D eigenvalue weighted by Crippen LogP contribution is 1.78. The zero-order chi connectivity index (χ0) is 4.99. The van der Waals surface area contributed by atoms with E-state index in [4.69, 9.17) is 5.73 Å². The number of rotatable bonds is 2. The van der Waals surface area contributed by atoms with Crippen LogP contribution in [0.15, 0.2) is 0 Å². The summed E-state index contributed by atoms with van der Waals surface area (Å²) in [6.07, 6.45) is 1.61. The fourth-order valence-electron chi connectivity index (χ4n) is 0.136. The molecule has 0 heterocycles. The van der Waals surface area contributed by atoms with Crippen LogP contribution in [0.2, 0.25) is 0 Å². The van der Waals surface area contributed by atoms with Crippen molar-refractivity contribution in [1.29, 1.82) is 0 Å². The van der Waals surface area contributed by atoms with Crippen molar-refractivity contribution in [3.05, 3.63) is 6.54 Å². The molecule has 1 unspecified atom stereocenters. The maximum Gasteiger partial charge on any atom is 0.122 e. The van der Waals surface area contributed by atoms with E-state index < -0.39 is 11.2 Å². The van der Waals surface area contributed by atoms with Crippen LogP contribution < -0.4 is 5.73 Å². The molecule has 0 saturated carbocycles. The third kappa shape index (κ3) is 4.27. The second kappa shape index (κ2) is 3.46. The van der Waals surface area contributed by atoms with E-state index in [0.29, 0.717) is 5.75 Å². The van der Waals surface area contributed by atoms with Crippen LogP contribution in [0.4, 0.5) is 0 Å². The van der Waals surface area contributed by atoms with Crippen molar-refractivity contribution in [3.63, 3.8) is 0 Å². The first-order chi connectivity index (χ1) is 2.77. The molecule has 0 saturated heterocycles. The van der Waals surface area contributed by atoms with Gasteiger partial charge in [-0.15, -0.1) is 0 Å². The summed E-state index contributed by atoms with van der Waals surface area (Å²) in [5.74, 6) is 0.500. The van der Waals surface area contributed by atoms with Crippen molar-refractivity contribution < 1.29 is 4.55 Å². The van der Waals surface area contributed by atoms with Crippen molar-refractivity contribution in [2.45, 2.75) is 0 Å². The topological polar surface area (TPSA) is 49.1 Å². The van der Waals surface area contributed by atoms with Gasteiger partial charge in [0.25, 0.3) is 0 Å². The maximum atomic E-state index is 10.0. The molecule has 2 nitrogen and oxygen atoms in total. The summed E-state index contributed by atoms with van der Waals surface area (Å²) in [7, 11) is 0. The van der Waals surface area contributed by atoms with Crippen LogP contribution in [0.1, 0.15) is 0 Å². The van der Waals surface area contributed by atoms with Crippen molar-refractivity contribution in [1.82, 2.24) is 0 Å². The third-order valence-corrected chi connectivity index (χ3v) is 0.993. The predicted octanol–water partition coefficient (Wildman–Crippen LogP) is -0.515. The normalized spacial score (nSPS) is 14.5. The predicted molar refractivity (Wildman–Crippen MR) is 27.4 cm³/mol. The molecule has 0 aromatic carbocycles. The van der Waals surface area contributed by atoms with E-state index in [1.165, 1.54) is 6.54 Å². The highest BCUT2D eigenvalue weighted by atomic mass is 32.2. The zero-order valence-corrected chi connectivity index (χ0v) is 4.49. The molecule has 0 aliphatic carbocycles. The molecule has 0 bridgehead atoms. The molecule has 0 fully saturated rings. The Morgan fingerprint density at radius 1 is 2.00 bits per heavy atom. The van der Waals surface area contributed by atoms with E-state index in [2.05, 4.69) is 0 Å². The summed E-state index contributed by atoms with van der Waals surface area (Å²) in [6, 6.07) is 0. The molecule has 0 rings (SSSR count).